The zero-order valence-corrected chi connectivity index (χ0v) is 23.0. The topological polar surface area (TPSA) is 47.9 Å². The summed E-state index contributed by atoms with van der Waals surface area (Å²) < 4.78 is 18.6. The van der Waals surface area contributed by atoms with E-state index in [4.69, 9.17) is 13.9 Å². The summed E-state index contributed by atoms with van der Waals surface area (Å²) in [7, 11) is -0.196. The molecule has 31 heavy (non-hydrogen) atoms. The Kier molecular flexibility index (Phi) is 7.19. The normalized spacial score (nSPS) is 43.3. The second-order valence-electron chi connectivity index (χ2n) is 13.4. The van der Waals surface area contributed by atoms with E-state index in [1.165, 1.54) is 6.42 Å². The van der Waals surface area contributed by atoms with Crippen LogP contribution < -0.4 is 0 Å². The molecule has 4 nitrogen and oxygen atoms in total. The highest BCUT2D eigenvalue weighted by molar-refractivity contribution is 6.74. The molecule has 3 aliphatic carbocycles. The van der Waals surface area contributed by atoms with E-state index in [2.05, 4.69) is 61.6 Å². The van der Waals surface area contributed by atoms with Crippen molar-refractivity contribution < 1.29 is 19.0 Å². The number of hydrogen-bond donors (Lipinski definition) is 1. The standard InChI is InChI=1S/C26H50O4Si/c1-17-11-12-19(30-31(9,10)24(2,3)4)23-22(17)18(27)15-20-25(5,6)21(29-16-28-8)13-14-26(20,23)7/h17-23,27H,11-16H2,1-10H3/t17-,18-,19+,20?,21-,22?,23?,26-/m0/s1. The van der Waals surface area contributed by atoms with Crippen LogP contribution in [0.3, 0.4) is 0 Å². The van der Waals surface area contributed by atoms with Crippen LogP contribution in [0.2, 0.25) is 18.1 Å². The summed E-state index contributed by atoms with van der Waals surface area (Å²) in [6.07, 6.45) is 5.58. The highest BCUT2D eigenvalue weighted by Crippen LogP contribution is 2.65. The van der Waals surface area contributed by atoms with Crippen LogP contribution in [0, 0.1) is 34.5 Å². The van der Waals surface area contributed by atoms with Gasteiger partial charge in [0.2, 0.25) is 0 Å². The molecule has 0 spiro atoms. The van der Waals surface area contributed by atoms with Crippen molar-refractivity contribution in [1.82, 2.24) is 0 Å². The first-order valence-electron chi connectivity index (χ1n) is 12.6. The van der Waals surface area contributed by atoms with Crippen LogP contribution in [-0.4, -0.2) is 45.6 Å². The van der Waals surface area contributed by atoms with Gasteiger partial charge in [0.25, 0.3) is 0 Å². The lowest BCUT2D eigenvalue weighted by Gasteiger charge is -2.66. The zero-order chi connectivity index (χ0) is 23.4. The first-order valence-corrected chi connectivity index (χ1v) is 15.5. The van der Waals surface area contributed by atoms with Gasteiger partial charge in [0.15, 0.2) is 8.32 Å². The Bertz CT molecular complexity index is 627. The fourth-order valence-corrected chi connectivity index (χ4v) is 8.83. The monoisotopic (exact) mass is 454 g/mol. The first kappa shape index (κ1) is 25.7. The fraction of sp³-hybridized carbons (Fsp3) is 1.00. The minimum Gasteiger partial charge on any atom is -0.414 e. The molecule has 3 fully saturated rings. The van der Waals surface area contributed by atoms with E-state index in [0.717, 1.165) is 25.7 Å². The molecule has 0 radical (unpaired) electrons. The molecule has 0 aliphatic heterocycles. The number of hydrogen-bond acceptors (Lipinski definition) is 4. The van der Waals surface area contributed by atoms with E-state index >= 15 is 0 Å². The molecule has 3 aliphatic rings. The van der Waals surface area contributed by atoms with E-state index in [-0.39, 0.29) is 34.2 Å². The molecule has 0 amide bonds. The van der Waals surface area contributed by atoms with E-state index in [9.17, 15) is 5.11 Å². The van der Waals surface area contributed by atoms with E-state index in [1.807, 2.05) is 0 Å². The van der Waals surface area contributed by atoms with Crippen molar-refractivity contribution in [3.63, 3.8) is 0 Å². The fourth-order valence-electron chi connectivity index (χ4n) is 7.45. The maximum atomic E-state index is 11.5. The molecule has 5 heteroatoms. The third-order valence-corrected chi connectivity index (χ3v) is 14.7. The van der Waals surface area contributed by atoms with Crippen LogP contribution in [0.5, 0.6) is 0 Å². The maximum Gasteiger partial charge on any atom is 0.192 e. The van der Waals surface area contributed by atoms with E-state index < -0.39 is 8.32 Å². The minimum atomic E-state index is -1.89. The number of aliphatic hydroxyl groups excluding tert-OH is 1. The Morgan fingerprint density at radius 2 is 1.71 bits per heavy atom. The molecule has 0 aromatic rings. The maximum absolute atomic E-state index is 11.5. The SMILES string of the molecule is COCO[C@H]1CC[C@]2(C)C3C([C@@H](C)CC[C@H]3O[Si](C)(C)C(C)(C)C)[C@@H](O)CC2C1(C)C. The van der Waals surface area contributed by atoms with Crippen molar-refractivity contribution >= 4 is 8.32 Å². The third-order valence-electron chi connectivity index (χ3n) is 10.2. The van der Waals surface area contributed by atoms with Gasteiger partial charge >= 0.3 is 0 Å². The Hall–Kier alpha value is 0.0569. The van der Waals surface area contributed by atoms with Gasteiger partial charge in [-0.15, -0.1) is 0 Å². The second-order valence-corrected chi connectivity index (χ2v) is 18.1. The van der Waals surface area contributed by atoms with Crippen LogP contribution in [-0.2, 0) is 13.9 Å². The van der Waals surface area contributed by atoms with Gasteiger partial charge in [0, 0.05) is 13.2 Å². The van der Waals surface area contributed by atoms with Crippen molar-refractivity contribution in [2.24, 2.45) is 34.5 Å². The molecule has 0 heterocycles. The number of methoxy groups -OCH3 is 1. The summed E-state index contributed by atoms with van der Waals surface area (Å²) in [6.45, 7) is 21.7. The van der Waals surface area contributed by atoms with Crippen LogP contribution in [0.25, 0.3) is 0 Å². The number of fused-ring (bicyclic) bond motifs is 3. The van der Waals surface area contributed by atoms with E-state index in [0.29, 0.717) is 30.5 Å². The largest absolute Gasteiger partial charge is 0.414 e. The van der Waals surface area contributed by atoms with Gasteiger partial charge in [-0.3, -0.25) is 0 Å². The van der Waals surface area contributed by atoms with Gasteiger partial charge in [-0.25, -0.2) is 0 Å². The molecular weight excluding hydrogens is 404 g/mol. The van der Waals surface area contributed by atoms with Crippen molar-refractivity contribution in [3.8, 4) is 0 Å². The Labute approximate surface area is 192 Å². The summed E-state index contributed by atoms with van der Waals surface area (Å²) in [6, 6.07) is 0. The predicted molar refractivity (Wildman–Crippen MR) is 129 cm³/mol. The highest BCUT2D eigenvalue weighted by Gasteiger charge is 2.63. The molecule has 0 saturated heterocycles. The average molecular weight is 455 g/mol. The van der Waals surface area contributed by atoms with Crippen LogP contribution in [0.15, 0.2) is 0 Å². The van der Waals surface area contributed by atoms with Gasteiger partial charge in [-0.2, -0.15) is 0 Å². The Morgan fingerprint density at radius 1 is 1.06 bits per heavy atom. The smallest absolute Gasteiger partial charge is 0.192 e. The van der Waals surface area contributed by atoms with Gasteiger partial charge in [0.1, 0.15) is 6.79 Å². The average Bonchev–Trinajstić information content (AvgIpc) is 2.64. The summed E-state index contributed by atoms with van der Waals surface area (Å²) >= 11 is 0. The van der Waals surface area contributed by atoms with Crippen molar-refractivity contribution in [3.05, 3.63) is 0 Å². The molecule has 1 N–H and O–H groups in total. The molecule has 182 valence electrons. The lowest BCUT2D eigenvalue weighted by Crippen LogP contribution is -2.65. The number of ether oxygens (including phenoxy) is 2. The summed E-state index contributed by atoms with van der Waals surface area (Å²) in [5, 5.41) is 11.7. The van der Waals surface area contributed by atoms with Crippen molar-refractivity contribution in [2.75, 3.05) is 13.9 Å². The third kappa shape index (κ3) is 4.43. The molecule has 3 saturated carbocycles. The quantitative estimate of drug-likeness (QED) is 0.395. The Balaban J connectivity index is 1.97. The summed E-state index contributed by atoms with van der Waals surface area (Å²) in [5.41, 5.74) is 0.168. The Morgan fingerprint density at radius 3 is 2.29 bits per heavy atom. The molecule has 0 bridgehead atoms. The molecular formula is C26H50O4Si. The first-order chi connectivity index (χ1) is 14.2. The van der Waals surface area contributed by atoms with Crippen molar-refractivity contribution in [2.45, 2.75) is 117 Å². The van der Waals surface area contributed by atoms with Crippen molar-refractivity contribution in [1.29, 1.82) is 0 Å². The lowest BCUT2D eigenvalue weighted by molar-refractivity contribution is -0.235. The van der Waals surface area contributed by atoms with Gasteiger partial charge < -0.3 is 19.0 Å². The second kappa shape index (κ2) is 8.68. The van der Waals surface area contributed by atoms with Gasteiger partial charge in [0.05, 0.1) is 12.2 Å². The molecule has 8 atom stereocenters. The van der Waals surface area contributed by atoms with E-state index in [1.54, 1.807) is 7.11 Å². The number of aliphatic hydroxyl groups is 1. The minimum absolute atomic E-state index is 0.000309. The predicted octanol–water partition coefficient (Wildman–Crippen LogP) is 6.24. The van der Waals surface area contributed by atoms with Gasteiger partial charge in [-0.1, -0.05) is 48.5 Å². The summed E-state index contributed by atoms with van der Waals surface area (Å²) in [5.74, 6) is 1.74. The molecule has 3 unspecified atom stereocenters. The van der Waals surface area contributed by atoms with Crippen LogP contribution in [0.4, 0.5) is 0 Å². The van der Waals surface area contributed by atoms with Crippen LogP contribution >= 0.6 is 0 Å². The molecule has 0 aromatic carbocycles. The highest BCUT2D eigenvalue weighted by atomic mass is 28.4. The summed E-state index contributed by atoms with van der Waals surface area (Å²) in [4.78, 5) is 0. The number of rotatable bonds is 5. The van der Waals surface area contributed by atoms with Crippen LogP contribution in [0.1, 0.15) is 80.6 Å². The zero-order valence-electron chi connectivity index (χ0n) is 22.0. The molecule has 3 rings (SSSR count). The molecule has 0 aromatic heterocycles. The lowest BCUT2D eigenvalue weighted by atomic mass is 9.42. The van der Waals surface area contributed by atoms with Gasteiger partial charge in [-0.05, 0) is 84.7 Å².